The summed E-state index contributed by atoms with van der Waals surface area (Å²) in [4.78, 5) is 0. The molecule has 1 aromatic rings. The Morgan fingerprint density at radius 2 is 2.15 bits per heavy atom. The monoisotopic (exact) mass is 300 g/mol. The van der Waals surface area contributed by atoms with E-state index in [1.54, 1.807) is 13.0 Å². The van der Waals surface area contributed by atoms with Crippen molar-refractivity contribution in [2.24, 2.45) is 0 Å². The molecule has 0 spiro atoms. The molecule has 0 saturated carbocycles. The van der Waals surface area contributed by atoms with Crippen LogP contribution in [0.25, 0.3) is 0 Å². The zero-order valence-corrected chi connectivity index (χ0v) is 12.5. The fraction of sp³-hybridized carbons (Fsp3) is 0.571. The Kier molecular flexibility index (Phi) is 4.99. The van der Waals surface area contributed by atoms with Crippen LogP contribution in [0.15, 0.2) is 18.2 Å². The van der Waals surface area contributed by atoms with Gasteiger partial charge in [-0.15, -0.1) is 0 Å². The lowest BCUT2D eigenvalue weighted by molar-refractivity contribution is 0.393. The maximum atomic E-state index is 13.2. The summed E-state index contributed by atoms with van der Waals surface area (Å²) < 4.78 is 39.7. The number of sulfonamides is 1. The van der Waals surface area contributed by atoms with E-state index in [-0.39, 0.29) is 11.8 Å². The van der Waals surface area contributed by atoms with Crippen LogP contribution in [0.2, 0.25) is 0 Å². The van der Waals surface area contributed by atoms with E-state index in [0.717, 1.165) is 25.8 Å². The predicted octanol–water partition coefficient (Wildman–Crippen LogP) is 2.41. The highest BCUT2D eigenvalue weighted by atomic mass is 32.2. The maximum Gasteiger partial charge on any atom is 0.232 e. The average Bonchev–Trinajstić information content (AvgIpc) is 2.36. The molecule has 4 nitrogen and oxygen atoms in total. The number of benzene rings is 1. The van der Waals surface area contributed by atoms with Gasteiger partial charge in [-0.1, -0.05) is 6.42 Å². The first-order valence-corrected chi connectivity index (χ1v) is 8.61. The van der Waals surface area contributed by atoms with Gasteiger partial charge in [0.15, 0.2) is 0 Å². The van der Waals surface area contributed by atoms with Crippen LogP contribution >= 0.6 is 0 Å². The van der Waals surface area contributed by atoms with Crippen molar-refractivity contribution in [2.75, 3.05) is 17.0 Å². The van der Waals surface area contributed by atoms with E-state index >= 15 is 0 Å². The van der Waals surface area contributed by atoms with Crippen molar-refractivity contribution in [3.63, 3.8) is 0 Å². The summed E-state index contributed by atoms with van der Waals surface area (Å²) in [6.45, 7) is 2.69. The van der Waals surface area contributed by atoms with E-state index in [9.17, 15) is 12.8 Å². The topological polar surface area (TPSA) is 58.2 Å². The number of halogens is 1. The van der Waals surface area contributed by atoms with Gasteiger partial charge >= 0.3 is 0 Å². The van der Waals surface area contributed by atoms with Gasteiger partial charge in [-0.05, 0) is 56.5 Å². The quantitative estimate of drug-likeness (QED) is 0.878. The molecule has 1 aliphatic rings. The van der Waals surface area contributed by atoms with Gasteiger partial charge < -0.3 is 5.32 Å². The predicted molar refractivity (Wildman–Crippen MR) is 78.8 cm³/mol. The molecule has 1 atom stereocenters. The molecule has 0 amide bonds. The van der Waals surface area contributed by atoms with Gasteiger partial charge in [0.1, 0.15) is 5.82 Å². The minimum absolute atomic E-state index is 0.0558. The zero-order chi connectivity index (χ0) is 14.6. The lowest BCUT2D eigenvalue weighted by atomic mass is 10.0. The second-order valence-corrected chi connectivity index (χ2v) is 7.22. The summed E-state index contributed by atoms with van der Waals surface area (Å²) in [5.74, 6) is -0.378. The molecule has 0 bridgehead atoms. The van der Waals surface area contributed by atoms with Crippen LogP contribution in [0.3, 0.4) is 0 Å². The normalized spacial score (nSPS) is 19.8. The van der Waals surface area contributed by atoms with E-state index in [1.165, 1.54) is 12.1 Å². The van der Waals surface area contributed by atoms with Gasteiger partial charge in [-0.25, -0.2) is 12.8 Å². The van der Waals surface area contributed by atoms with Crippen molar-refractivity contribution in [2.45, 2.75) is 38.6 Å². The van der Waals surface area contributed by atoms with Gasteiger partial charge in [-0.3, -0.25) is 4.72 Å². The van der Waals surface area contributed by atoms with Crippen LogP contribution in [0, 0.1) is 12.7 Å². The van der Waals surface area contributed by atoms with Crippen LogP contribution in [-0.2, 0) is 10.0 Å². The summed E-state index contributed by atoms with van der Waals surface area (Å²) in [6.07, 6.45) is 3.91. The smallest absolute Gasteiger partial charge is 0.232 e. The molecule has 2 rings (SSSR count). The molecule has 1 fully saturated rings. The zero-order valence-electron chi connectivity index (χ0n) is 11.7. The SMILES string of the molecule is Cc1cc(F)cc(NS(=O)(=O)CCC2CCCCN2)c1. The van der Waals surface area contributed by atoms with Crippen LogP contribution in [-0.4, -0.2) is 26.8 Å². The first kappa shape index (κ1) is 15.3. The van der Waals surface area contributed by atoms with Gasteiger partial charge in [0.2, 0.25) is 10.0 Å². The lowest BCUT2D eigenvalue weighted by Crippen LogP contribution is -2.36. The Labute approximate surface area is 119 Å². The molecule has 1 unspecified atom stereocenters. The van der Waals surface area contributed by atoms with Crippen LogP contribution < -0.4 is 10.0 Å². The molecule has 1 aliphatic heterocycles. The first-order chi connectivity index (χ1) is 9.44. The third kappa shape index (κ3) is 4.76. The van der Waals surface area contributed by atoms with Gasteiger partial charge in [0.05, 0.1) is 11.4 Å². The number of aryl methyl sites for hydroxylation is 1. The molecule has 0 aromatic heterocycles. The van der Waals surface area contributed by atoms with E-state index in [1.807, 2.05) is 0 Å². The standard InChI is InChI=1S/C14H21FN2O2S/c1-11-8-12(15)10-14(9-11)17-20(18,19)7-5-13-4-2-3-6-16-13/h8-10,13,16-17H,2-7H2,1H3. The molecule has 0 aliphatic carbocycles. The molecule has 20 heavy (non-hydrogen) atoms. The van der Waals surface area contributed by atoms with Crippen LogP contribution in [0.1, 0.15) is 31.2 Å². The van der Waals surface area contributed by atoms with Crippen LogP contribution in [0.4, 0.5) is 10.1 Å². The summed E-state index contributed by atoms with van der Waals surface area (Å²) >= 11 is 0. The minimum Gasteiger partial charge on any atom is -0.314 e. The number of nitrogens with one attached hydrogen (secondary N) is 2. The number of rotatable bonds is 5. The Balaban J connectivity index is 1.92. The largest absolute Gasteiger partial charge is 0.314 e. The summed E-state index contributed by atoms with van der Waals surface area (Å²) in [6, 6.07) is 4.46. The third-order valence-corrected chi connectivity index (χ3v) is 4.78. The highest BCUT2D eigenvalue weighted by molar-refractivity contribution is 7.92. The third-order valence-electron chi connectivity index (χ3n) is 3.46. The highest BCUT2D eigenvalue weighted by Gasteiger charge is 2.17. The second kappa shape index (κ2) is 6.54. The Morgan fingerprint density at radius 1 is 1.35 bits per heavy atom. The first-order valence-electron chi connectivity index (χ1n) is 6.96. The Morgan fingerprint density at radius 3 is 2.80 bits per heavy atom. The molecule has 1 aromatic carbocycles. The summed E-state index contributed by atoms with van der Waals surface area (Å²) in [5, 5.41) is 3.32. The molecule has 1 heterocycles. The summed E-state index contributed by atoms with van der Waals surface area (Å²) in [7, 11) is -3.42. The van der Waals surface area contributed by atoms with Gasteiger partial charge in [0, 0.05) is 6.04 Å². The average molecular weight is 300 g/mol. The van der Waals surface area contributed by atoms with Crippen molar-refractivity contribution in [3.05, 3.63) is 29.6 Å². The van der Waals surface area contributed by atoms with Crippen molar-refractivity contribution in [1.29, 1.82) is 0 Å². The number of hydrogen-bond donors (Lipinski definition) is 2. The fourth-order valence-electron chi connectivity index (χ4n) is 2.49. The number of hydrogen-bond acceptors (Lipinski definition) is 3. The highest BCUT2D eigenvalue weighted by Crippen LogP contribution is 2.16. The maximum absolute atomic E-state index is 13.2. The van der Waals surface area contributed by atoms with Gasteiger partial charge in [0.25, 0.3) is 0 Å². The molecular weight excluding hydrogens is 279 g/mol. The van der Waals surface area contributed by atoms with Crippen molar-refractivity contribution in [3.8, 4) is 0 Å². The second-order valence-electron chi connectivity index (χ2n) is 5.37. The minimum atomic E-state index is -3.42. The van der Waals surface area contributed by atoms with E-state index in [2.05, 4.69) is 10.0 Å². The Bertz CT molecular complexity index is 534. The van der Waals surface area contributed by atoms with Gasteiger partial charge in [-0.2, -0.15) is 0 Å². The molecular formula is C14H21FN2O2S. The molecule has 6 heteroatoms. The molecule has 112 valence electrons. The Hall–Kier alpha value is -1.14. The van der Waals surface area contributed by atoms with Crippen molar-refractivity contribution < 1.29 is 12.8 Å². The van der Waals surface area contributed by atoms with Crippen molar-refractivity contribution >= 4 is 15.7 Å². The van der Waals surface area contributed by atoms with E-state index < -0.39 is 15.8 Å². The van der Waals surface area contributed by atoms with E-state index in [4.69, 9.17) is 0 Å². The molecule has 1 saturated heterocycles. The fourth-order valence-corrected chi connectivity index (χ4v) is 3.67. The van der Waals surface area contributed by atoms with Crippen molar-refractivity contribution in [1.82, 2.24) is 5.32 Å². The number of anilines is 1. The lowest BCUT2D eigenvalue weighted by Gasteiger charge is -2.23. The van der Waals surface area contributed by atoms with E-state index in [0.29, 0.717) is 17.7 Å². The summed E-state index contributed by atoms with van der Waals surface area (Å²) in [5.41, 5.74) is 0.982. The number of piperidine rings is 1. The van der Waals surface area contributed by atoms with Crippen LogP contribution in [0.5, 0.6) is 0 Å². The molecule has 2 N–H and O–H groups in total. The molecule has 0 radical (unpaired) electrons.